The highest BCUT2D eigenvalue weighted by Gasteiger charge is 2.15. The first kappa shape index (κ1) is 15.1. The van der Waals surface area contributed by atoms with Gasteiger partial charge >= 0.3 is 22.3 Å². The summed E-state index contributed by atoms with van der Waals surface area (Å²) in [5.74, 6) is -3.09. The van der Waals surface area contributed by atoms with Gasteiger partial charge in [-0.3, -0.25) is 14.1 Å². The van der Waals surface area contributed by atoms with E-state index < -0.39 is 41.1 Å². The Labute approximate surface area is 96.3 Å². The normalized spacial score (nSPS) is 10.2. The summed E-state index contributed by atoms with van der Waals surface area (Å²) in [6.45, 7) is 3.08. The lowest BCUT2D eigenvalue weighted by molar-refractivity contribution is -0.157. The van der Waals surface area contributed by atoms with Crippen LogP contribution in [0.2, 0.25) is 0 Å². The average molecular weight is 267 g/mol. The van der Waals surface area contributed by atoms with Crippen molar-refractivity contribution < 1.29 is 36.4 Å². The lowest BCUT2D eigenvalue weighted by Gasteiger charge is -2.02. The summed E-state index contributed by atoms with van der Waals surface area (Å²) in [7, 11) is -4.89. The fourth-order valence-corrected chi connectivity index (χ4v) is 0.881. The minimum Gasteiger partial charge on any atom is -0.341 e. The molecule has 17 heavy (non-hydrogen) atoms. The summed E-state index contributed by atoms with van der Waals surface area (Å²) in [5.41, 5.74) is 1.68. The van der Waals surface area contributed by atoms with Gasteiger partial charge in [-0.1, -0.05) is 6.58 Å². The predicted octanol–water partition coefficient (Wildman–Crippen LogP) is -1.13. The Bertz CT molecular complexity index is 425. The van der Waals surface area contributed by atoms with Gasteiger partial charge in [0.2, 0.25) is 0 Å². The zero-order valence-corrected chi connectivity index (χ0v) is 9.23. The number of hydrogen-bond donors (Lipinski definition) is 2. The van der Waals surface area contributed by atoms with E-state index in [2.05, 4.69) is 15.6 Å². The zero-order chi connectivity index (χ0) is 13.5. The Morgan fingerprint density at radius 1 is 1.24 bits per heavy atom. The van der Waals surface area contributed by atoms with E-state index in [1.54, 1.807) is 5.48 Å². The van der Waals surface area contributed by atoms with Crippen molar-refractivity contribution in [1.82, 2.24) is 5.48 Å². The minimum atomic E-state index is -4.89. The van der Waals surface area contributed by atoms with E-state index in [4.69, 9.17) is 4.55 Å². The largest absolute Gasteiger partial charge is 0.448 e. The second-order valence-corrected chi connectivity index (χ2v) is 3.55. The third-order valence-electron chi connectivity index (χ3n) is 1.18. The van der Waals surface area contributed by atoms with Crippen LogP contribution in [0.5, 0.6) is 0 Å². The molecule has 0 aliphatic rings. The van der Waals surface area contributed by atoms with Crippen LogP contribution >= 0.6 is 0 Å². The summed E-state index contributed by atoms with van der Waals surface area (Å²) in [6, 6.07) is 0. The molecular weight excluding hydrogens is 258 g/mol. The molecule has 1 amide bonds. The number of hydrogen-bond acceptors (Lipinski definition) is 7. The van der Waals surface area contributed by atoms with Crippen LogP contribution in [0.3, 0.4) is 0 Å². The molecule has 0 aromatic carbocycles. The van der Waals surface area contributed by atoms with E-state index in [1.807, 2.05) is 0 Å². The highest BCUT2D eigenvalue weighted by Crippen LogP contribution is 1.97. The van der Waals surface area contributed by atoms with Gasteiger partial charge in [-0.2, -0.15) is 13.9 Å². The lowest BCUT2D eigenvalue weighted by atomic mass is 10.3. The van der Waals surface area contributed by atoms with E-state index in [-0.39, 0.29) is 0 Å². The van der Waals surface area contributed by atoms with E-state index >= 15 is 0 Å². The second-order valence-electron chi connectivity index (χ2n) is 2.53. The van der Waals surface area contributed by atoms with Crippen LogP contribution in [0.25, 0.3) is 0 Å². The molecule has 0 bridgehead atoms. The van der Waals surface area contributed by atoms with Crippen molar-refractivity contribution in [1.29, 1.82) is 0 Å². The van der Waals surface area contributed by atoms with E-state index in [9.17, 15) is 22.8 Å². The van der Waals surface area contributed by atoms with Crippen molar-refractivity contribution in [2.24, 2.45) is 0 Å². The monoisotopic (exact) mass is 267 g/mol. The quantitative estimate of drug-likeness (QED) is 0.363. The smallest absolute Gasteiger partial charge is 0.341 e. The molecule has 10 heteroatoms. The van der Waals surface area contributed by atoms with Gasteiger partial charge in [-0.25, -0.2) is 4.79 Å². The fraction of sp³-hybridized carbons (Fsp3) is 0.286. The standard InChI is InChI=1S/C7H9NO8S/c1-2-5(9)8-15-6(10)3-4-7(11)16-17(12,13)14/h2H,1,3-4H2,(H,8,9)(H,12,13,14). The molecule has 0 spiro atoms. The molecule has 9 nitrogen and oxygen atoms in total. The number of amides is 1. The molecule has 0 heterocycles. The average Bonchev–Trinajstić information content (AvgIpc) is 2.20. The number of rotatable bonds is 5. The first-order chi connectivity index (χ1) is 7.74. The summed E-state index contributed by atoms with van der Waals surface area (Å²) in [4.78, 5) is 36.2. The molecule has 0 radical (unpaired) electrons. The zero-order valence-electron chi connectivity index (χ0n) is 8.41. The maximum atomic E-state index is 10.8. The molecular formula is C7H9NO8S. The predicted molar refractivity (Wildman–Crippen MR) is 51.3 cm³/mol. The number of carbonyl (C=O) groups excluding carboxylic acids is 3. The van der Waals surface area contributed by atoms with Crippen molar-refractivity contribution in [3.05, 3.63) is 12.7 Å². The molecule has 0 unspecified atom stereocenters. The Kier molecular flexibility index (Phi) is 5.85. The van der Waals surface area contributed by atoms with Crippen LogP contribution in [-0.4, -0.2) is 30.8 Å². The fourth-order valence-electron chi connectivity index (χ4n) is 0.563. The van der Waals surface area contributed by atoms with Crippen molar-refractivity contribution in [2.75, 3.05) is 0 Å². The summed E-state index contributed by atoms with van der Waals surface area (Å²) in [6.07, 6.45) is -0.325. The maximum absolute atomic E-state index is 10.8. The topological polar surface area (TPSA) is 136 Å². The van der Waals surface area contributed by atoms with E-state index in [1.165, 1.54) is 0 Å². The van der Waals surface area contributed by atoms with Crippen LogP contribution in [0.15, 0.2) is 12.7 Å². The van der Waals surface area contributed by atoms with Crippen molar-refractivity contribution in [3.63, 3.8) is 0 Å². The van der Waals surface area contributed by atoms with Crippen LogP contribution < -0.4 is 5.48 Å². The van der Waals surface area contributed by atoms with Crippen molar-refractivity contribution >= 4 is 28.2 Å². The SMILES string of the molecule is C=CC(=O)NOC(=O)CCC(=O)OS(=O)(=O)O. The number of carbonyl (C=O) groups is 3. The molecule has 0 fully saturated rings. The van der Waals surface area contributed by atoms with Gasteiger partial charge < -0.3 is 9.02 Å². The molecule has 0 aromatic heterocycles. The van der Waals surface area contributed by atoms with Gasteiger partial charge in [-0.05, 0) is 6.08 Å². The van der Waals surface area contributed by atoms with Crippen LogP contribution in [0.4, 0.5) is 0 Å². The summed E-state index contributed by atoms with van der Waals surface area (Å²) < 4.78 is 31.8. The highest BCUT2D eigenvalue weighted by molar-refractivity contribution is 7.81. The molecule has 96 valence electrons. The maximum Gasteiger partial charge on any atom is 0.448 e. The van der Waals surface area contributed by atoms with E-state index in [0.29, 0.717) is 0 Å². The molecule has 0 rings (SSSR count). The van der Waals surface area contributed by atoms with E-state index in [0.717, 1.165) is 6.08 Å². The summed E-state index contributed by atoms with van der Waals surface area (Å²) >= 11 is 0. The Morgan fingerprint density at radius 2 is 1.76 bits per heavy atom. The molecule has 0 atom stereocenters. The van der Waals surface area contributed by atoms with Crippen molar-refractivity contribution in [2.45, 2.75) is 12.8 Å². The molecule has 0 saturated heterocycles. The van der Waals surface area contributed by atoms with Crippen LogP contribution in [0, 0.1) is 0 Å². The van der Waals surface area contributed by atoms with Gasteiger partial charge in [0.25, 0.3) is 5.91 Å². The van der Waals surface area contributed by atoms with Crippen molar-refractivity contribution in [3.8, 4) is 0 Å². The molecule has 0 aromatic rings. The Hall–Kier alpha value is -1.94. The van der Waals surface area contributed by atoms with Crippen LogP contribution in [-0.2, 0) is 33.8 Å². The molecule has 0 saturated carbocycles. The van der Waals surface area contributed by atoms with Gasteiger partial charge in [0.1, 0.15) is 0 Å². The third-order valence-corrected chi connectivity index (χ3v) is 1.58. The number of nitrogens with one attached hydrogen (secondary N) is 1. The third kappa shape index (κ3) is 9.02. The van der Waals surface area contributed by atoms with Gasteiger partial charge in [0.05, 0.1) is 12.8 Å². The minimum absolute atomic E-state index is 0.536. The van der Waals surface area contributed by atoms with Gasteiger partial charge in [0.15, 0.2) is 0 Å². The Balaban J connectivity index is 3.89. The van der Waals surface area contributed by atoms with Crippen LogP contribution in [0.1, 0.15) is 12.8 Å². The highest BCUT2D eigenvalue weighted by atomic mass is 32.3. The van der Waals surface area contributed by atoms with Gasteiger partial charge in [0, 0.05) is 0 Å². The summed E-state index contributed by atoms with van der Waals surface area (Å²) in [5, 5.41) is 0. The molecule has 0 aliphatic heterocycles. The molecule has 0 aliphatic carbocycles. The number of hydroxylamine groups is 1. The first-order valence-corrected chi connectivity index (χ1v) is 5.43. The first-order valence-electron chi connectivity index (χ1n) is 4.06. The molecule has 2 N–H and O–H groups in total. The lowest BCUT2D eigenvalue weighted by Crippen LogP contribution is -2.25. The van der Waals surface area contributed by atoms with Gasteiger partial charge in [-0.15, -0.1) is 0 Å². The second kappa shape index (κ2) is 6.60. The Morgan fingerprint density at radius 3 is 2.24 bits per heavy atom.